The number of unbranched alkanes of at least 4 members (excludes halogenated alkanes) is 1. The van der Waals surface area contributed by atoms with Gasteiger partial charge in [0.05, 0.1) is 5.76 Å². The van der Waals surface area contributed by atoms with Crippen molar-refractivity contribution in [1.82, 2.24) is 0 Å². The van der Waals surface area contributed by atoms with Gasteiger partial charge in [0.1, 0.15) is 0 Å². The number of aliphatic carboxylic acids is 1. The average Bonchev–Trinajstić information content (AvgIpc) is 1.68. The van der Waals surface area contributed by atoms with Crippen LogP contribution in [-0.4, -0.2) is 71.1 Å². The highest BCUT2D eigenvalue weighted by atomic mass is 32.2. The van der Waals surface area contributed by atoms with E-state index < -0.39 is 5.97 Å². The first-order valence-corrected chi connectivity index (χ1v) is 58.8. The molecule has 12 nitrogen and oxygen atoms in total. The zero-order valence-corrected chi connectivity index (χ0v) is 110. The monoisotopic (exact) mass is 2090 g/mol. The zero-order chi connectivity index (χ0) is 119. The summed E-state index contributed by atoms with van der Waals surface area (Å²) < 4.78 is 0. The molecule has 3 aromatic rings. The quantitative estimate of drug-likeness (QED) is 0.0148. The van der Waals surface area contributed by atoms with Crippen LogP contribution in [0, 0.1) is 133 Å². The van der Waals surface area contributed by atoms with Gasteiger partial charge in [0.25, 0.3) is 0 Å². The second-order valence-corrected chi connectivity index (χ2v) is 57.4. The number of aryl methyl sites for hydroxylation is 1. The fourth-order valence-corrected chi connectivity index (χ4v) is 11.9. The van der Waals surface area contributed by atoms with Crippen LogP contribution in [0.15, 0.2) is 131 Å². The Morgan fingerprint density at radius 2 is 0.816 bits per heavy atom. The van der Waals surface area contributed by atoms with Crippen molar-refractivity contribution in [3.8, 4) is 0 Å². The van der Waals surface area contributed by atoms with Gasteiger partial charge >= 0.3 is 5.97 Å². The third-order valence-electron chi connectivity index (χ3n) is 21.9. The lowest BCUT2D eigenvalue weighted by Crippen LogP contribution is -2.22. The number of thioether (sulfide) groups is 1. The maximum Gasteiger partial charge on any atom is 0.303 e. The number of allylic oxidation sites excluding steroid dienone is 5. The first-order chi connectivity index (χ1) is 66.2. The minimum absolute atomic E-state index is 0.0972. The molecule has 874 valence electrons. The van der Waals surface area contributed by atoms with Crippen LogP contribution in [0.5, 0.6) is 0 Å². The van der Waals surface area contributed by atoms with E-state index in [1.807, 2.05) is 58.8 Å². The van der Waals surface area contributed by atoms with Gasteiger partial charge in [0, 0.05) is 56.9 Å². The standard InChI is InChI=1S/C14H18.C12H18.C11H16.C9H15N.2C8H18.C7H17N3.C7H17N.C7H14O.C7H16.C6H13NO.C6H13N.C6H14S.2C6H14.C5H10O2.C5H12O.C4H10/c1-14(2,3)10-12-9-8-11-6-4-5-7-13(11)12;1-10-5-7-11(8-6-10)9-12(2,3)4;1-11(2,3)9-10-7-5-4-6-8-10;1-9(2,3)6-8-4-5-10-7-8;1-7(2)6-8(3,4)5;1-6-7(2)8(3,4)5;1-6(2)4-3-5-10-7(8)9;1-7(2)5-3-4-6-8;1-6(2)4-5-7(3)8;1-6(2)7(3,4)5;1-5(2)3-4-6(7)8;1-5(2)4-6(3)7;1-6(2)4-5-7-3;1-5-6(2,3)4;1-5(2)6(3)4;1-4(2)3-5(6)7;1-5(2,3)4-6;1-4(2)3/h4-7,9H,8,10H2,1-3H3;5-8H,9H2,1-4H3;4-8H,9H2,1-3H3;5,7H,4,6H2,1-3H3;2*7H,6H2,1-5H3;6H,3-5H2,1-2H3,(H4,8,9,10);7H,3-6,8H2,1-2H3;6,8H,3-5H2,1-2H3;6H,1-5H3;5H,3-4H2,1-2H3,(H2,7,8);5H,3-4,7H2,1-2H3;6H,4-5H2,1-3H3;5H2,1-4H3;5-6H,1-4H3;4H,3H2,1-2H3,(H,6,7);6H,4H2,1-3H3;4H,1-3H3. The Labute approximate surface area is 928 Å². The molecule has 1 aliphatic heterocycles. The Hall–Kier alpha value is -5.63. The summed E-state index contributed by atoms with van der Waals surface area (Å²) in [7, 11) is 0. The van der Waals surface area contributed by atoms with Gasteiger partial charge in [0.2, 0.25) is 5.91 Å². The molecule has 0 fully saturated rings. The predicted octanol–water partition coefficient (Wildman–Crippen LogP) is 40.9. The number of rotatable bonds is 28. The highest BCUT2D eigenvalue weighted by Crippen LogP contribution is 2.37. The van der Waals surface area contributed by atoms with Gasteiger partial charge in [-0.25, -0.2) is 0 Å². The lowest BCUT2D eigenvalue weighted by molar-refractivity contribution is -0.137. The second kappa shape index (κ2) is 97.3. The van der Waals surface area contributed by atoms with E-state index in [-0.39, 0.29) is 36.2 Å². The van der Waals surface area contributed by atoms with E-state index in [4.69, 9.17) is 44.0 Å². The van der Waals surface area contributed by atoms with E-state index in [1.54, 1.807) is 0 Å². The van der Waals surface area contributed by atoms with Crippen LogP contribution in [-0.2, 0) is 28.9 Å². The summed E-state index contributed by atoms with van der Waals surface area (Å²) in [5.74, 6) is 10.6. The molecular formula is C134H267N7O5S. The number of guanidine groups is 1. The molecule has 13 N–H and O–H groups in total. The molecule has 0 radical (unpaired) electrons. The van der Waals surface area contributed by atoms with Crippen LogP contribution in [0.25, 0.3) is 5.57 Å². The number of carbonyl (C=O) groups excluding carboxylic acids is 1. The van der Waals surface area contributed by atoms with Crippen molar-refractivity contribution < 1.29 is 24.9 Å². The van der Waals surface area contributed by atoms with Crippen molar-refractivity contribution in [2.45, 2.75) is 523 Å². The summed E-state index contributed by atoms with van der Waals surface area (Å²) in [6.07, 6.45) is 31.2. The molecule has 13 heteroatoms. The van der Waals surface area contributed by atoms with Crippen molar-refractivity contribution in [3.05, 3.63) is 149 Å². The fraction of sp³-hybridized carbons (Fsp3) is 0.776. The maximum absolute atomic E-state index is 10.1. The van der Waals surface area contributed by atoms with Crippen molar-refractivity contribution >= 4 is 41.4 Å². The van der Waals surface area contributed by atoms with Gasteiger partial charge in [-0.05, 0) is 268 Å². The number of benzene rings is 3. The van der Waals surface area contributed by atoms with E-state index in [1.165, 1.54) is 109 Å². The second-order valence-electron chi connectivity index (χ2n) is 56.4. The summed E-state index contributed by atoms with van der Waals surface area (Å²) in [5.41, 5.74) is 40.5. The zero-order valence-electron chi connectivity index (χ0n) is 110. The molecule has 3 aromatic carbocycles. The number of amides is 1. The van der Waals surface area contributed by atoms with Crippen LogP contribution in [0.2, 0.25) is 0 Å². The van der Waals surface area contributed by atoms with Crippen molar-refractivity contribution in [1.29, 1.82) is 0 Å². The summed E-state index contributed by atoms with van der Waals surface area (Å²) in [5, 5.41) is 25.1. The lowest BCUT2D eigenvalue weighted by Gasteiger charge is -2.25. The van der Waals surface area contributed by atoms with E-state index in [0.29, 0.717) is 73.3 Å². The number of nitrogens with two attached hydrogens (primary N) is 5. The van der Waals surface area contributed by atoms with E-state index in [9.17, 15) is 9.59 Å². The highest BCUT2D eigenvalue weighted by molar-refractivity contribution is 7.98. The van der Waals surface area contributed by atoms with E-state index in [0.717, 1.165) is 130 Å². The largest absolute Gasteiger partial charge is 0.513 e. The maximum atomic E-state index is 10.1. The normalized spacial score (nSPS) is 12.0. The number of aliphatic hydroxyl groups is 2. The highest BCUT2D eigenvalue weighted by Gasteiger charge is 2.21. The molecule has 1 amide bonds. The Morgan fingerprint density at radius 1 is 0.442 bits per heavy atom. The minimum atomic E-state index is -0.713. The summed E-state index contributed by atoms with van der Waals surface area (Å²) in [4.78, 5) is 27.9. The molecule has 0 saturated heterocycles. The van der Waals surface area contributed by atoms with Crippen LogP contribution in [0.1, 0.15) is 524 Å². The number of carboxylic acids is 1. The van der Waals surface area contributed by atoms with E-state index >= 15 is 0 Å². The molecule has 1 heterocycles. The molecule has 0 spiro atoms. The Bertz CT molecular complexity index is 3470. The van der Waals surface area contributed by atoms with Crippen LogP contribution in [0.4, 0.5) is 0 Å². The molecule has 1 atom stereocenters. The van der Waals surface area contributed by atoms with Gasteiger partial charge in [-0.2, -0.15) is 11.8 Å². The third kappa shape index (κ3) is 179. The summed E-state index contributed by atoms with van der Waals surface area (Å²) >= 11 is 1.93. The fourth-order valence-electron chi connectivity index (χ4n) is 11.2. The summed E-state index contributed by atoms with van der Waals surface area (Å²) in [6.45, 7) is 133. The molecule has 2 aliphatic rings. The molecule has 147 heavy (non-hydrogen) atoms. The van der Waals surface area contributed by atoms with Gasteiger partial charge < -0.3 is 44.0 Å². The molecule has 1 aliphatic carbocycles. The van der Waals surface area contributed by atoms with Gasteiger partial charge in [-0.15, -0.1) is 0 Å². The third-order valence-corrected chi connectivity index (χ3v) is 22.5. The number of hydrogen-bond acceptors (Lipinski definition) is 9. The number of aliphatic hydroxyl groups excluding tert-OH is 2. The Balaban J connectivity index is -0.000000118. The number of carboxylic acid groups (broad SMARTS) is 1. The number of nitrogens with zero attached hydrogens (tertiary/aromatic N) is 2. The number of carbonyl (C=O) groups is 2. The molecule has 5 rings (SSSR count). The van der Waals surface area contributed by atoms with Gasteiger partial charge in [0.15, 0.2) is 5.96 Å². The minimum Gasteiger partial charge on any atom is -0.513 e. The lowest BCUT2D eigenvalue weighted by atomic mass is 9.81. The van der Waals surface area contributed by atoms with Crippen LogP contribution in [0.3, 0.4) is 0 Å². The Kier molecular flexibility index (Phi) is 112. The topological polar surface area (TPSA) is 250 Å². The molecule has 1 unspecified atom stereocenters. The first kappa shape index (κ1) is 169. The Morgan fingerprint density at radius 3 is 1.04 bits per heavy atom. The van der Waals surface area contributed by atoms with Crippen molar-refractivity contribution in [3.63, 3.8) is 0 Å². The average molecular weight is 2090 g/mol. The number of primary amides is 1. The van der Waals surface area contributed by atoms with Crippen LogP contribution < -0.4 is 28.7 Å². The van der Waals surface area contributed by atoms with Crippen LogP contribution >= 0.6 is 11.8 Å². The molecule has 0 saturated carbocycles. The van der Waals surface area contributed by atoms with E-state index in [2.05, 4.69) is 467 Å². The number of hydrogen-bond donors (Lipinski definition) is 8. The summed E-state index contributed by atoms with van der Waals surface area (Å²) in [6, 6.07) is 28.2. The first-order valence-electron chi connectivity index (χ1n) is 57.4. The van der Waals surface area contributed by atoms with Crippen molar-refractivity contribution in [2.24, 2.45) is 164 Å². The molecule has 0 bridgehead atoms. The molecular weight excluding hydrogens is 1820 g/mol. The predicted molar refractivity (Wildman–Crippen MR) is 679 cm³/mol. The number of fused-ring (bicyclic) bond motifs is 1. The van der Waals surface area contributed by atoms with Gasteiger partial charge in [-0.3, -0.25) is 19.6 Å². The smallest absolute Gasteiger partial charge is 0.303 e. The van der Waals surface area contributed by atoms with Crippen molar-refractivity contribution in [2.75, 3.05) is 31.7 Å². The molecule has 0 aromatic heterocycles. The van der Waals surface area contributed by atoms with Gasteiger partial charge in [-0.1, -0.05) is 510 Å². The number of aliphatic imine (C=N–C) groups is 2. The SMILES string of the molecule is C=C(N)CC(C)C.C=C(O)CCC(C)C.CC(C)(C)CC1=CCc2ccccc21.CC(C)(C)CC1=CN=CC1.CC(C)(C)CO.CC(C)(C)Cc1ccccc1.CC(C)C.CC(C)C(C)(C)C.CC(C)C(C)C.CC(C)CC(=O)O.CC(C)CC(C)(C)C.CC(C)CCC(N)=O.CC(C)CCCCN.CC(C)CCCN=C(N)N.CCC(C)(C)C.CCC(C)C(C)(C)C.CSCCC(C)C.Cc1ccc(CC(C)(C)C)cc1.